The molecule has 10 atom stereocenters. The average Bonchev–Trinajstić information content (AvgIpc) is 2.49. The van der Waals surface area contributed by atoms with Gasteiger partial charge in [0.05, 0.1) is 12.7 Å². The van der Waals surface area contributed by atoms with Gasteiger partial charge in [-0.2, -0.15) is 0 Å². The van der Waals surface area contributed by atoms with Gasteiger partial charge in [-0.3, -0.25) is 0 Å². The Bertz CT molecular complexity index is 368. The van der Waals surface area contributed by atoms with Crippen molar-refractivity contribution in [2.24, 2.45) is 0 Å². The maximum absolute atomic E-state index is 9.93. The van der Waals surface area contributed by atoms with Gasteiger partial charge in [0.1, 0.15) is 42.7 Å². The summed E-state index contributed by atoms with van der Waals surface area (Å²) in [5.74, 6) is 0. The minimum Gasteiger partial charge on any atom is -0.394 e. The molecule has 0 amide bonds. The lowest BCUT2D eigenvalue weighted by atomic mass is 9.97. The van der Waals surface area contributed by atoms with Crippen molar-refractivity contribution in [2.45, 2.75) is 68.3 Å². The summed E-state index contributed by atoms with van der Waals surface area (Å²) in [4.78, 5) is 0. The first kappa shape index (κ1) is 17.9. The highest BCUT2D eigenvalue weighted by molar-refractivity contribution is 4.92. The minimum atomic E-state index is -1.69. The Balaban J connectivity index is 2.06. The zero-order valence-corrected chi connectivity index (χ0v) is 11.8. The van der Waals surface area contributed by atoms with Crippen LogP contribution in [0.25, 0.3) is 0 Å². The normalized spacial score (nSPS) is 53.5. The van der Waals surface area contributed by atoms with Crippen molar-refractivity contribution in [1.82, 2.24) is 0 Å². The Kier molecular flexibility index (Phi) is 5.72. The zero-order valence-electron chi connectivity index (χ0n) is 11.8. The summed E-state index contributed by atoms with van der Waals surface area (Å²) >= 11 is 0. The lowest BCUT2D eigenvalue weighted by Crippen LogP contribution is -2.63. The van der Waals surface area contributed by atoms with Crippen LogP contribution in [0.15, 0.2) is 0 Å². The predicted molar refractivity (Wildman–Crippen MR) is 67.2 cm³/mol. The van der Waals surface area contributed by atoms with E-state index in [0.29, 0.717) is 0 Å². The molecule has 2 aliphatic rings. The summed E-state index contributed by atoms with van der Waals surface area (Å²) in [6.07, 6.45) is -14.3. The fourth-order valence-corrected chi connectivity index (χ4v) is 2.50. The van der Waals surface area contributed by atoms with Crippen molar-refractivity contribution in [3.05, 3.63) is 0 Å². The number of ether oxygens (including phenoxy) is 3. The zero-order chi connectivity index (χ0) is 16.6. The van der Waals surface area contributed by atoms with E-state index < -0.39 is 68.0 Å². The molecule has 7 N–H and O–H groups in total. The maximum Gasteiger partial charge on any atom is 0.187 e. The summed E-state index contributed by atoms with van der Waals surface area (Å²) in [6, 6.07) is 0. The van der Waals surface area contributed by atoms with Gasteiger partial charge in [-0.05, 0) is 6.92 Å². The summed E-state index contributed by atoms with van der Waals surface area (Å²) in [5.41, 5.74) is 0. The average molecular weight is 326 g/mol. The first-order valence-electron chi connectivity index (χ1n) is 6.93. The van der Waals surface area contributed by atoms with Gasteiger partial charge >= 0.3 is 0 Å². The van der Waals surface area contributed by atoms with Gasteiger partial charge in [0.2, 0.25) is 0 Å². The Morgan fingerprint density at radius 3 is 2.05 bits per heavy atom. The second-order valence-electron chi connectivity index (χ2n) is 5.51. The molecule has 2 saturated heterocycles. The second kappa shape index (κ2) is 7.01. The lowest BCUT2D eigenvalue weighted by molar-refractivity contribution is -0.358. The Morgan fingerprint density at radius 1 is 0.818 bits per heavy atom. The molecule has 0 radical (unpaired) electrons. The molecule has 22 heavy (non-hydrogen) atoms. The van der Waals surface area contributed by atoms with E-state index in [1.54, 1.807) is 0 Å². The Morgan fingerprint density at radius 2 is 1.45 bits per heavy atom. The van der Waals surface area contributed by atoms with E-state index in [1.165, 1.54) is 6.92 Å². The summed E-state index contributed by atoms with van der Waals surface area (Å²) in [5, 5.41) is 67.5. The van der Waals surface area contributed by atoms with Crippen molar-refractivity contribution < 1.29 is 50.0 Å². The van der Waals surface area contributed by atoms with Crippen LogP contribution in [0.2, 0.25) is 0 Å². The molecule has 0 aromatic carbocycles. The monoisotopic (exact) mass is 326 g/mol. The molecule has 0 aromatic heterocycles. The van der Waals surface area contributed by atoms with E-state index >= 15 is 0 Å². The molecule has 2 rings (SSSR count). The highest BCUT2D eigenvalue weighted by Crippen LogP contribution is 2.28. The van der Waals surface area contributed by atoms with Crippen molar-refractivity contribution in [1.29, 1.82) is 0 Å². The molecule has 130 valence electrons. The van der Waals surface area contributed by atoms with E-state index in [9.17, 15) is 30.6 Å². The number of rotatable bonds is 3. The third-order valence-corrected chi connectivity index (χ3v) is 3.94. The van der Waals surface area contributed by atoms with Crippen LogP contribution in [-0.2, 0) is 14.2 Å². The molecule has 0 aliphatic carbocycles. The lowest BCUT2D eigenvalue weighted by Gasteiger charge is -2.44. The molecule has 0 unspecified atom stereocenters. The minimum absolute atomic E-state index is 0.619. The van der Waals surface area contributed by atoms with Gasteiger partial charge in [-0.1, -0.05) is 0 Å². The van der Waals surface area contributed by atoms with Gasteiger partial charge in [0.15, 0.2) is 12.6 Å². The fraction of sp³-hybridized carbons (Fsp3) is 1.00. The first-order valence-corrected chi connectivity index (χ1v) is 6.93. The highest BCUT2D eigenvalue weighted by atomic mass is 16.7. The first-order chi connectivity index (χ1) is 10.3. The topological polar surface area (TPSA) is 169 Å². The van der Waals surface area contributed by atoms with Crippen LogP contribution >= 0.6 is 0 Å². The number of hydrogen-bond donors (Lipinski definition) is 7. The Hall–Kier alpha value is -0.400. The highest BCUT2D eigenvalue weighted by Gasteiger charge is 2.49. The quantitative estimate of drug-likeness (QED) is 0.269. The van der Waals surface area contributed by atoms with Crippen molar-refractivity contribution in [2.75, 3.05) is 6.61 Å². The van der Waals surface area contributed by atoms with Gasteiger partial charge in [0, 0.05) is 0 Å². The van der Waals surface area contributed by atoms with Gasteiger partial charge in [-0.15, -0.1) is 0 Å². The van der Waals surface area contributed by atoms with E-state index in [0.717, 1.165) is 0 Å². The smallest absolute Gasteiger partial charge is 0.187 e. The molecule has 10 nitrogen and oxygen atoms in total. The molecule has 10 heteroatoms. The van der Waals surface area contributed by atoms with Crippen molar-refractivity contribution in [3.63, 3.8) is 0 Å². The van der Waals surface area contributed by atoms with E-state index in [1.807, 2.05) is 0 Å². The standard InChI is InChI=1S/C12H22O10/c1-3-5(14)7(16)9(18)12(20-3)22-10-8(17)6(15)4(2-13)21-11(10)19/h3-19H,2H2,1H3/t3-,4+,5+,6+,7+,8-,9-,10+,11+,12+/m0/s1. The molecule has 2 fully saturated rings. The third kappa shape index (κ3) is 3.26. The number of hydrogen-bond acceptors (Lipinski definition) is 10. The van der Waals surface area contributed by atoms with Crippen LogP contribution in [-0.4, -0.2) is 104 Å². The molecule has 2 aliphatic heterocycles. The maximum atomic E-state index is 9.93. The number of aliphatic hydroxyl groups excluding tert-OH is 7. The van der Waals surface area contributed by atoms with Gasteiger partial charge in [0.25, 0.3) is 0 Å². The second-order valence-corrected chi connectivity index (χ2v) is 5.51. The summed E-state index contributed by atoms with van der Waals surface area (Å²) in [7, 11) is 0. The van der Waals surface area contributed by atoms with Crippen LogP contribution in [0.5, 0.6) is 0 Å². The van der Waals surface area contributed by atoms with E-state index in [-0.39, 0.29) is 0 Å². The van der Waals surface area contributed by atoms with Crippen LogP contribution < -0.4 is 0 Å². The predicted octanol–water partition coefficient (Wildman–Crippen LogP) is -4.37. The van der Waals surface area contributed by atoms with Crippen LogP contribution in [0.1, 0.15) is 6.92 Å². The molecular formula is C12H22O10. The van der Waals surface area contributed by atoms with E-state index in [2.05, 4.69) is 0 Å². The third-order valence-electron chi connectivity index (χ3n) is 3.94. The fourth-order valence-electron chi connectivity index (χ4n) is 2.50. The molecule has 2 heterocycles. The summed E-state index contributed by atoms with van der Waals surface area (Å²) in [6.45, 7) is 0.823. The summed E-state index contributed by atoms with van der Waals surface area (Å²) < 4.78 is 15.3. The van der Waals surface area contributed by atoms with Crippen molar-refractivity contribution in [3.8, 4) is 0 Å². The van der Waals surface area contributed by atoms with Gasteiger partial charge < -0.3 is 50.0 Å². The van der Waals surface area contributed by atoms with Crippen LogP contribution in [0, 0.1) is 0 Å². The molecule has 0 saturated carbocycles. The van der Waals surface area contributed by atoms with E-state index in [4.69, 9.17) is 19.3 Å². The van der Waals surface area contributed by atoms with Crippen LogP contribution in [0.4, 0.5) is 0 Å². The molecule has 0 aromatic rings. The van der Waals surface area contributed by atoms with Crippen LogP contribution in [0.3, 0.4) is 0 Å². The Labute approximate surface area is 126 Å². The molecular weight excluding hydrogens is 304 g/mol. The largest absolute Gasteiger partial charge is 0.394 e. The van der Waals surface area contributed by atoms with Crippen molar-refractivity contribution >= 4 is 0 Å². The molecule has 0 bridgehead atoms. The number of aliphatic hydroxyl groups is 7. The van der Waals surface area contributed by atoms with Gasteiger partial charge in [-0.25, -0.2) is 0 Å². The SMILES string of the molecule is C[C@@H]1O[C@H](O[C@@H]2[C@@H](O)[C@H](O)[C@@H](CO)O[C@H]2O)[C@@H](O)[C@H](O)[C@@H]1O. The molecule has 0 spiro atoms.